The van der Waals surface area contributed by atoms with Gasteiger partial charge in [-0.25, -0.2) is 0 Å². The van der Waals surface area contributed by atoms with Gasteiger partial charge in [0.1, 0.15) is 0 Å². The highest BCUT2D eigenvalue weighted by Crippen LogP contribution is 2.33. The Hall–Kier alpha value is 0.0900. The topological polar surface area (TPSA) is 46.3 Å². The maximum atomic E-state index is 12.0. The van der Waals surface area contributed by atoms with Gasteiger partial charge in [-0.15, -0.1) is 11.3 Å². The standard InChI is InChI=1S/C9H10Br2N2OS/c10-6-3-7(15-8(6)11)9(14)13-2-1-5(12)4-13/h3,5H,1-2,4,12H2/t5-/m0/s1. The maximum Gasteiger partial charge on any atom is 0.264 e. The molecule has 2 rings (SSSR count). The Bertz CT molecular complexity index is 374. The number of hydrogen-bond acceptors (Lipinski definition) is 3. The largest absolute Gasteiger partial charge is 0.336 e. The van der Waals surface area contributed by atoms with Gasteiger partial charge in [-0.2, -0.15) is 0 Å². The summed E-state index contributed by atoms with van der Waals surface area (Å²) in [5.41, 5.74) is 5.77. The summed E-state index contributed by atoms with van der Waals surface area (Å²) in [5.74, 6) is 0.0827. The van der Waals surface area contributed by atoms with Crippen molar-refractivity contribution < 1.29 is 4.79 Å². The number of halogens is 2. The maximum absolute atomic E-state index is 12.0. The van der Waals surface area contributed by atoms with E-state index >= 15 is 0 Å². The van der Waals surface area contributed by atoms with Crippen molar-refractivity contribution in [2.24, 2.45) is 5.73 Å². The average molecular weight is 354 g/mol. The molecule has 82 valence electrons. The van der Waals surface area contributed by atoms with Crippen LogP contribution in [0.5, 0.6) is 0 Å². The minimum absolute atomic E-state index is 0.0827. The first-order valence-electron chi connectivity index (χ1n) is 4.57. The molecule has 0 aliphatic carbocycles. The molecule has 1 fully saturated rings. The van der Waals surface area contributed by atoms with Crippen molar-refractivity contribution in [2.75, 3.05) is 13.1 Å². The lowest BCUT2D eigenvalue weighted by atomic mass is 10.3. The van der Waals surface area contributed by atoms with Crippen LogP contribution in [0.1, 0.15) is 16.1 Å². The number of carbonyl (C=O) groups is 1. The molecule has 2 heterocycles. The number of nitrogens with zero attached hydrogens (tertiary/aromatic N) is 1. The van der Waals surface area contributed by atoms with Crippen molar-refractivity contribution in [3.63, 3.8) is 0 Å². The first-order chi connectivity index (χ1) is 7.08. The predicted octanol–water partition coefficient (Wildman–Crippen LogP) is 2.45. The Balaban J connectivity index is 2.14. The first kappa shape index (κ1) is 11.6. The molecule has 3 nitrogen and oxygen atoms in total. The molecule has 6 heteroatoms. The number of likely N-dealkylation sites (tertiary alicyclic amines) is 1. The Morgan fingerprint density at radius 2 is 2.33 bits per heavy atom. The highest BCUT2D eigenvalue weighted by molar-refractivity contribution is 9.13. The van der Waals surface area contributed by atoms with Gasteiger partial charge >= 0.3 is 0 Å². The zero-order valence-corrected chi connectivity index (χ0v) is 11.9. The summed E-state index contributed by atoms with van der Waals surface area (Å²) in [5, 5.41) is 0. The first-order valence-corrected chi connectivity index (χ1v) is 6.98. The zero-order valence-electron chi connectivity index (χ0n) is 7.87. The van der Waals surface area contributed by atoms with Crippen LogP contribution in [0.4, 0.5) is 0 Å². The third-order valence-corrected chi connectivity index (χ3v) is 5.61. The lowest BCUT2D eigenvalue weighted by Gasteiger charge is -2.13. The predicted molar refractivity (Wildman–Crippen MR) is 68.2 cm³/mol. The van der Waals surface area contributed by atoms with Crippen LogP contribution < -0.4 is 5.73 Å². The third kappa shape index (κ3) is 2.43. The van der Waals surface area contributed by atoms with Crippen molar-refractivity contribution in [2.45, 2.75) is 12.5 Å². The fraction of sp³-hybridized carbons (Fsp3) is 0.444. The summed E-state index contributed by atoms with van der Waals surface area (Å²) in [6.07, 6.45) is 0.902. The van der Waals surface area contributed by atoms with Gasteiger partial charge in [-0.1, -0.05) is 0 Å². The van der Waals surface area contributed by atoms with Crippen LogP contribution in [0.25, 0.3) is 0 Å². The molecule has 1 aliphatic rings. The molecule has 1 atom stereocenters. The van der Waals surface area contributed by atoms with Crippen LogP contribution in [0.2, 0.25) is 0 Å². The van der Waals surface area contributed by atoms with E-state index in [1.165, 1.54) is 11.3 Å². The minimum Gasteiger partial charge on any atom is -0.336 e. The molecule has 1 aromatic rings. The summed E-state index contributed by atoms with van der Waals surface area (Å²) in [4.78, 5) is 14.6. The van der Waals surface area contributed by atoms with Gasteiger partial charge < -0.3 is 10.6 Å². The van der Waals surface area contributed by atoms with Gasteiger partial charge in [-0.3, -0.25) is 4.79 Å². The number of carbonyl (C=O) groups excluding carboxylic acids is 1. The molecule has 0 spiro atoms. The monoisotopic (exact) mass is 352 g/mol. The fourth-order valence-electron chi connectivity index (χ4n) is 1.58. The van der Waals surface area contributed by atoms with Gasteiger partial charge in [0.2, 0.25) is 0 Å². The van der Waals surface area contributed by atoms with E-state index in [1.54, 1.807) is 0 Å². The molecular weight excluding hydrogens is 344 g/mol. The van der Waals surface area contributed by atoms with E-state index in [2.05, 4.69) is 31.9 Å². The second-order valence-electron chi connectivity index (χ2n) is 3.53. The van der Waals surface area contributed by atoms with E-state index in [0.29, 0.717) is 6.54 Å². The van der Waals surface area contributed by atoms with Crippen LogP contribution in [-0.4, -0.2) is 29.9 Å². The second kappa shape index (κ2) is 4.53. The normalized spacial score (nSPS) is 21.0. The second-order valence-corrected chi connectivity index (χ2v) is 6.76. The molecule has 0 radical (unpaired) electrons. The van der Waals surface area contributed by atoms with Crippen molar-refractivity contribution in [3.8, 4) is 0 Å². The molecule has 0 unspecified atom stereocenters. The van der Waals surface area contributed by atoms with E-state index in [1.807, 2.05) is 11.0 Å². The van der Waals surface area contributed by atoms with Crippen molar-refractivity contribution in [1.29, 1.82) is 0 Å². The summed E-state index contributed by atoms with van der Waals surface area (Å²) < 4.78 is 1.88. The van der Waals surface area contributed by atoms with Gasteiger partial charge in [0, 0.05) is 23.6 Å². The molecule has 0 aromatic carbocycles. The SMILES string of the molecule is N[C@H]1CCN(C(=O)c2cc(Br)c(Br)s2)C1. The highest BCUT2D eigenvalue weighted by atomic mass is 79.9. The van der Waals surface area contributed by atoms with Crippen LogP contribution in [-0.2, 0) is 0 Å². The fourth-order valence-corrected chi connectivity index (χ4v) is 3.58. The lowest BCUT2D eigenvalue weighted by Crippen LogP contribution is -2.31. The number of amides is 1. The molecule has 2 N–H and O–H groups in total. The van der Waals surface area contributed by atoms with Crippen molar-refractivity contribution >= 4 is 49.1 Å². The molecule has 1 saturated heterocycles. The van der Waals surface area contributed by atoms with Gasteiger partial charge in [-0.05, 0) is 44.3 Å². The smallest absolute Gasteiger partial charge is 0.264 e. The average Bonchev–Trinajstić information content (AvgIpc) is 2.74. The molecular formula is C9H10Br2N2OS. The minimum atomic E-state index is 0.0827. The number of rotatable bonds is 1. The Labute approximate surface area is 109 Å². The number of nitrogens with two attached hydrogens (primary N) is 1. The zero-order chi connectivity index (χ0) is 11.0. The molecule has 1 amide bonds. The quantitative estimate of drug-likeness (QED) is 0.842. The summed E-state index contributed by atoms with van der Waals surface area (Å²) in [7, 11) is 0. The molecule has 1 aliphatic heterocycles. The van der Waals surface area contributed by atoms with E-state index in [4.69, 9.17) is 5.73 Å². The summed E-state index contributed by atoms with van der Waals surface area (Å²) >= 11 is 8.20. The van der Waals surface area contributed by atoms with Crippen LogP contribution >= 0.6 is 43.2 Å². The van der Waals surface area contributed by atoms with Crippen LogP contribution in [0.3, 0.4) is 0 Å². The van der Waals surface area contributed by atoms with E-state index in [9.17, 15) is 4.79 Å². The molecule has 15 heavy (non-hydrogen) atoms. The number of thiophene rings is 1. The third-order valence-electron chi connectivity index (χ3n) is 2.37. The summed E-state index contributed by atoms with van der Waals surface area (Å²) in [6.45, 7) is 1.44. The van der Waals surface area contributed by atoms with Gasteiger partial charge in [0.15, 0.2) is 0 Å². The Morgan fingerprint density at radius 3 is 2.80 bits per heavy atom. The van der Waals surface area contributed by atoms with Crippen LogP contribution in [0.15, 0.2) is 14.3 Å². The van der Waals surface area contributed by atoms with Crippen molar-refractivity contribution in [1.82, 2.24) is 4.90 Å². The summed E-state index contributed by atoms with van der Waals surface area (Å²) in [6, 6.07) is 1.99. The lowest BCUT2D eigenvalue weighted by molar-refractivity contribution is 0.0795. The highest BCUT2D eigenvalue weighted by Gasteiger charge is 2.25. The Morgan fingerprint density at radius 1 is 1.60 bits per heavy atom. The van der Waals surface area contributed by atoms with E-state index in [-0.39, 0.29) is 11.9 Å². The van der Waals surface area contributed by atoms with Gasteiger partial charge in [0.05, 0.1) is 8.66 Å². The van der Waals surface area contributed by atoms with Crippen molar-refractivity contribution in [3.05, 3.63) is 19.2 Å². The molecule has 0 saturated carbocycles. The molecule has 0 bridgehead atoms. The van der Waals surface area contributed by atoms with Crippen LogP contribution in [0, 0.1) is 0 Å². The van der Waals surface area contributed by atoms with E-state index < -0.39 is 0 Å². The number of hydrogen-bond donors (Lipinski definition) is 1. The van der Waals surface area contributed by atoms with Gasteiger partial charge in [0.25, 0.3) is 5.91 Å². The Kier molecular flexibility index (Phi) is 3.49. The molecule has 1 aromatic heterocycles. The van der Waals surface area contributed by atoms with E-state index in [0.717, 1.165) is 26.1 Å².